The van der Waals surface area contributed by atoms with Gasteiger partial charge < -0.3 is 11.1 Å². The second-order valence-corrected chi connectivity index (χ2v) is 8.18. The van der Waals surface area contributed by atoms with Crippen molar-refractivity contribution in [2.75, 3.05) is 0 Å². The number of nitrogens with zero attached hydrogens (tertiary/aromatic N) is 1. The fourth-order valence-electron chi connectivity index (χ4n) is 2.64. The number of thiophene rings is 1. The topological polar surface area (TPSA) is 68.0 Å². The number of carbonyl (C=O) groups is 1. The van der Waals surface area contributed by atoms with Crippen molar-refractivity contribution in [3.63, 3.8) is 0 Å². The summed E-state index contributed by atoms with van der Waals surface area (Å²) in [4.78, 5) is 17.7. The molecule has 4 nitrogen and oxygen atoms in total. The highest BCUT2D eigenvalue weighted by Gasteiger charge is 2.20. The number of nitrogens with two attached hydrogens (primary N) is 1. The number of aromatic nitrogens is 1. The zero-order chi connectivity index (χ0) is 15.5. The summed E-state index contributed by atoms with van der Waals surface area (Å²) in [6.07, 6.45) is 4.26. The van der Waals surface area contributed by atoms with Crippen molar-refractivity contribution < 1.29 is 4.79 Å². The van der Waals surface area contributed by atoms with Gasteiger partial charge in [0.15, 0.2) is 0 Å². The largest absolute Gasteiger partial charge is 0.353 e. The average molecular weight is 356 g/mol. The number of rotatable bonds is 4. The number of halogens is 1. The average Bonchev–Trinajstić information content (AvgIpc) is 3.10. The maximum atomic E-state index is 12.1. The van der Waals surface area contributed by atoms with Crippen molar-refractivity contribution in [1.29, 1.82) is 0 Å². The molecule has 1 saturated carbocycles. The van der Waals surface area contributed by atoms with Gasteiger partial charge in [-0.2, -0.15) is 0 Å². The van der Waals surface area contributed by atoms with Crippen LogP contribution in [0, 0.1) is 0 Å². The van der Waals surface area contributed by atoms with Gasteiger partial charge in [0, 0.05) is 17.5 Å². The maximum absolute atomic E-state index is 12.1. The Bertz CT molecular complexity index is 647. The van der Waals surface area contributed by atoms with Crippen LogP contribution in [0.3, 0.4) is 0 Å². The van der Waals surface area contributed by atoms with E-state index in [-0.39, 0.29) is 11.9 Å². The minimum absolute atomic E-state index is 0.0431. The normalized spacial score (nSPS) is 21.7. The highest BCUT2D eigenvalue weighted by molar-refractivity contribution is 7.23. The number of amides is 1. The molecule has 3 rings (SSSR count). The first-order valence-electron chi connectivity index (χ1n) is 7.35. The van der Waals surface area contributed by atoms with Gasteiger partial charge in [-0.15, -0.1) is 22.7 Å². The van der Waals surface area contributed by atoms with Crippen molar-refractivity contribution >= 4 is 40.2 Å². The Kier molecular flexibility index (Phi) is 5.13. The van der Waals surface area contributed by atoms with Crippen molar-refractivity contribution in [2.24, 2.45) is 5.73 Å². The van der Waals surface area contributed by atoms with Gasteiger partial charge in [-0.1, -0.05) is 11.6 Å². The van der Waals surface area contributed by atoms with Crippen LogP contribution in [-0.2, 0) is 11.2 Å². The summed E-state index contributed by atoms with van der Waals surface area (Å²) in [5.41, 5.74) is 6.70. The first-order valence-corrected chi connectivity index (χ1v) is 9.42. The van der Waals surface area contributed by atoms with Gasteiger partial charge >= 0.3 is 0 Å². The van der Waals surface area contributed by atoms with Crippen LogP contribution in [0.1, 0.15) is 31.4 Å². The Morgan fingerprint density at radius 3 is 2.82 bits per heavy atom. The predicted octanol–water partition coefficient (Wildman–Crippen LogP) is 3.45. The number of hydrogen-bond donors (Lipinski definition) is 2. The van der Waals surface area contributed by atoms with Gasteiger partial charge in [0.25, 0.3) is 0 Å². The SMILES string of the molecule is NC1CCC(NC(=O)Cc2csc(-c3ccc(Cl)s3)n2)CC1. The number of nitrogens with one attached hydrogen (secondary N) is 1. The van der Waals surface area contributed by atoms with Crippen LogP contribution < -0.4 is 11.1 Å². The molecule has 0 aromatic carbocycles. The molecule has 1 aliphatic carbocycles. The molecule has 7 heteroatoms. The molecule has 22 heavy (non-hydrogen) atoms. The van der Waals surface area contributed by atoms with Crippen molar-refractivity contribution in [3.05, 3.63) is 27.5 Å². The van der Waals surface area contributed by atoms with E-state index in [4.69, 9.17) is 17.3 Å². The second-order valence-electron chi connectivity index (χ2n) is 5.60. The first kappa shape index (κ1) is 15.9. The molecule has 2 aromatic heterocycles. The van der Waals surface area contributed by atoms with Crippen molar-refractivity contribution in [2.45, 2.75) is 44.2 Å². The zero-order valence-corrected chi connectivity index (χ0v) is 14.4. The van der Waals surface area contributed by atoms with Crippen LogP contribution in [-0.4, -0.2) is 23.0 Å². The van der Waals surface area contributed by atoms with Gasteiger partial charge in [0.2, 0.25) is 5.91 Å². The molecule has 0 radical (unpaired) electrons. The Balaban J connectivity index is 1.55. The molecular weight excluding hydrogens is 338 g/mol. The Labute approximate surface area is 142 Å². The van der Waals surface area contributed by atoms with E-state index in [2.05, 4.69) is 10.3 Å². The van der Waals surface area contributed by atoms with Crippen molar-refractivity contribution in [3.8, 4) is 9.88 Å². The van der Waals surface area contributed by atoms with E-state index in [0.717, 1.165) is 45.6 Å². The fourth-order valence-corrected chi connectivity index (χ4v) is 4.57. The van der Waals surface area contributed by atoms with Crippen LogP contribution in [0.15, 0.2) is 17.5 Å². The van der Waals surface area contributed by atoms with Crippen LogP contribution in [0.25, 0.3) is 9.88 Å². The molecule has 3 N–H and O–H groups in total. The minimum atomic E-state index is 0.0431. The summed E-state index contributed by atoms with van der Waals surface area (Å²) in [6.45, 7) is 0. The lowest BCUT2D eigenvalue weighted by Gasteiger charge is -2.26. The van der Waals surface area contributed by atoms with E-state index < -0.39 is 0 Å². The third kappa shape index (κ3) is 4.07. The zero-order valence-electron chi connectivity index (χ0n) is 12.0. The molecule has 0 spiro atoms. The molecule has 0 unspecified atom stereocenters. The van der Waals surface area contributed by atoms with E-state index in [9.17, 15) is 4.79 Å². The lowest BCUT2D eigenvalue weighted by molar-refractivity contribution is -0.121. The van der Waals surface area contributed by atoms with Gasteiger partial charge in [0.05, 0.1) is 21.3 Å². The molecular formula is C15H18ClN3OS2. The quantitative estimate of drug-likeness (QED) is 0.882. The number of carbonyl (C=O) groups excluding carboxylic acids is 1. The van der Waals surface area contributed by atoms with E-state index in [1.807, 2.05) is 17.5 Å². The van der Waals surface area contributed by atoms with Gasteiger partial charge in [0.1, 0.15) is 5.01 Å². The summed E-state index contributed by atoms with van der Waals surface area (Å²) in [7, 11) is 0. The minimum Gasteiger partial charge on any atom is -0.353 e. The molecule has 118 valence electrons. The van der Waals surface area contributed by atoms with Crippen LogP contribution >= 0.6 is 34.3 Å². The Hall–Kier alpha value is -0.950. The van der Waals surface area contributed by atoms with E-state index in [1.165, 1.54) is 11.3 Å². The monoisotopic (exact) mass is 355 g/mol. The molecule has 1 amide bonds. The summed E-state index contributed by atoms with van der Waals surface area (Å²) >= 11 is 8.99. The fraction of sp³-hybridized carbons (Fsp3) is 0.467. The highest BCUT2D eigenvalue weighted by atomic mass is 35.5. The van der Waals surface area contributed by atoms with E-state index in [1.54, 1.807) is 11.3 Å². The third-order valence-electron chi connectivity index (χ3n) is 3.81. The second kappa shape index (κ2) is 7.08. The standard InChI is InChI=1S/C15H18ClN3OS2/c16-13-6-5-12(22-13)15-19-11(8-21-15)7-14(20)18-10-3-1-9(17)2-4-10/h5-6,8-10H,1-4,7,17H2,(H,18,20). The van der Waals surface area contributed by atoms with Gasteiger partial charge in [-0.3, -0.25) is 4.79 Å². The molecule has 0 atom stereocenters. The summed E-state index contributed by atoms with van der Waals surface area (Å²) in [6, 6.07) is 4.39. The molecule has 1 aliphatic rings. The molecule has 0 aliphatic heterocycles. The molecule has 1 fully saturated rings. The van der Waals surface area contributed by atoms with E-state index in [0.29, 0.717) is 12.5 Å². The number of hydrogen-bond acceptors (Lipinski definition) is 5. The summed E-state index contributed by atoms with van der Waals surface area (Å²) in [5.74, 6) is 0.0431. The Morgan fingerprint density at radius 2 is 2.14 bits per heavy atom. The lowest BCUT2D eigenvalue weighted by atomic mass is 9.92. The predicted molar refractivity (Wildman–Crippen MR) is 92.5 cm³/mol. The lowest BCUT2D eigenvalue weighted by Crippen LogP contribution is -2.41. The van der Waals surface area contributed by atoms with Crippen LogP contribution in [0.2, 0.25) is 4.34 Å². The third-order valence-corrected chi connectivity index (χ3v) is 6.11. The maximum Gasteiger partial charge on any atom is 0.226 e. The van der Waals surface area contributed by atoms with Crippen molar-refractivity contribution in [1.82, 2.24) is 10.3 Å². The summed E-state index contributed by atoms with van der Waals surface area (Å²) < 4.78 is 0.750. The van der Waals surface area contributed by atoms with Gasteiger partial charge in [-0.05, 0) is 37.8 Å². The smallest absolute Gasteiger partial charge is 0.226 e. The first-order chi connectivity index (χ1) is 10.6. The molecule has 0 saturated heterocycles. The highest BCUT2D eigenvalue weighted by Crippen LogP contribution is 2.33. The van der Waals surface area contributed by atoms with Crippen LogP contribution in [0.4, 0.5) is 0 Å². The van der Waals surface area contributed by atoms with E-state index >= 15 is 0 Å². The number of thiazole rings is 1. The molecule has 0 bridgehead atoms. The molecule has 2 aromatic rings. The summed E-state index contributed by atoms with van der Waals surface area (Å²) in [5, 5.41) is 5.96. The Morgan fingerprint density at radius 1 is 1.36 bits per heavy atom. The van der Waals surface area contributed by atoms with Gasteiger partial charge in [-0.25, -0.2) is 4.98 Å². The van der Waals surface area contributed by atoms with Crippen LogP contribution in [0.5, 0.6) is 0 Å². The molecule has 2 heterocycles.